The topological polar surface area (TPSA) is 130 Å². The number of fused-ring (bicyclic) bond motifs is 3. The second-order valence-electron chi connectivity index (χ2n) is 8.51. The number of benzene rings is 2. The fourth-order valence-electron chi connectivity index (χ4n) is 4.55. The summed E-state index contributed by atoms with van der Waals surface area (Å²) >= 11 is 1.40. The van der Waals surface area contributed by atoms with E-state index >= 15 is 0 Å². The Bertz CT molecular complexity index is 1200. The van der Waals surface area contributed by atoms with Gasteiger partial charge in [-0.1, -0.05) is 48.5 Å². The van der Waals surface area contributed by atoms with Gasteiger partial charge in [0.2, 0.25) is 5.91 Å². The number of aliphatic carboxylic acids is 1. The zero-order valence-corrected chi connectivity index (χ0v) is 20.7. The lowest BCUT2D eigenvalue weighted by atomic mass is 9.98. The lowest BCUT2D eigenvalue weighted by molar-refractivity contribution is -0.142. The summed E-state index contributed by atoms with van der Waals surface area (Å²) < 4.78 is 29.8. The first kappa shape index (κ1) is 25.1. The summed E-state index contributed by atoms with van der Waals surface area (Å²) in [7, 11) is -3.60. The van der Waals surface area contributed by atoms with Crippen molar-refractivity contribution in [2.45, 2.75) is 23.8 Å². The van der Waals surface area contributed by atoms with E-state index < -0.39 is 45.6 Å². The average molecular weight is 519 g/mol. The first-order chi connectivity index (χ1) is 16.7. The summed E-state index contributed by atoms with van der Waals surface area (Å²) in [4.78, 5) is 38.3. The Balaban J connectivity index is 1.47. The van der Waals surface area contributed by atoms with E-state index in [2.05, 4.69) is 5.32 Å². The molecule has 4 rings (SSSR count). The molecule has 0 bridgehead atoms. The highest BCUT2D eigenvalue weighted by Crippen LogP contribution is 2.44. The molecule has 186 valence electrons. The van der Waals surface area contributed by atoms with Gasteiger partial charge in [0.05, 0.1) is 6.42 Å². The number of hydrogen-bond acceptors (Lipinski definition) is 7. The molecule has 2 amide bonds. The summed E-state index contributed by atoms with van der Waals surface area (Å²) in [5, 5.41) is 10.6. The number of carbonyl (C=O) groups excluding carboxylic acids is 2. The van der Waals surface area contributed by atoms with Gasteiger partial charge >= 0.3 is 12.1 Å². The summed E-state index contributed by atoms with van der Waals surface area (Å²) in [5.74, 6) is -1.55. The fraction of sp³-hybridized carbons (Fsp3) is 0.375. The predicted molar refractivity (Wildman–Crippen MR) is 132 cm³/mol. The molecule has 0 aromatic heterocycles. The molecule has 1 aliphatic heterocycles. The zero-order chi connectivity index (χ0) is 25.2. The number of amides is 2. The normalized spacial score (nSPS) is 18.3. The van der Waals surface area contributed by atoms with E-state index in [4.69, 9.17) is 4.74 Å². The lowest BCUT2D eigenvalue weighted by Crippen LogP contribution is -2.57. The van der Waals surface area contributed by atoms with Crippen molar-refractivity contribution in [3.05, 3.63) is 59.7 Å². The van der Waals surface area contributed by atoms with Gasteiger partial charge in [-0.2, -0.15) is 11.8 Å². The van der Waals surface area contributed by atoms with Gasteiger partial charge in [-0.15, -0.1) is 0 Å². The number of nitrogens with zero attached hydrogens (tertiary/aromatic N) is 1. The van der Waals surface area contributed by atoms with E-state index in [0.29, 0.717) is 5.75 Å². The monoisotopic (exact) mass is 518 g/mol. The standard InChI is InChI=1S/C24H26N2O7S2/c1-35(31,32)21-14-34-11-10-26(21)23(29)20(12-22(27)28)25-24(30)33-13-19-17-8-4-2-6-15(17)16-7-3-5-9-18(16)19/h2-9,19-21H,10-14H2,1H3,(H,25,30)(H,27,28). The highest BCUT2D eigenvalue weighted by molar-refractivity contribution is 8.00. The van der Waals surface area contributed by atoms with Gasteiger partial charge in [0, 0.05) is 30.2 Å². The molecule has 11 heteroatoms. The van der Waals surface area contributed by atoms with Crippen molar-refractivity contribution in [2.75, 3.05) is 30.9 Å². The third kappa shape index (κ3) is 5.46. The van der Waals surface area contributed by atoms with Crippen LogP contribution in [0.25, 0.3) is 11.1 Å². The number of hydrogen-bond donors (Lipinski definition) is 2. The molecule has 2 aromatic rings. The van der Waals surface area contributed by atoms with Crippen LogP contribution in [0.5, 0.6) is 0 Å². The molecular formula is C24H26N2O7S2. The maximum Gasteiger partial charge on any atom is 0.407 e. The van der Waals surface area contributed by atoms with Crippen LogP contribution in [0.2, 0.25) is 0 Å². The van der Waals surface area contributed by atoms with E-state index in [-0.39, 0.29) is 24.8 Å². The number of carbonyl (C=O) groups is 3. The Morgan fingerprint density at radius 2 is 1.71 bits per heavy atom. The van der Waals surface area contributed by atoms with Gasteiger partial charge in [-0.25, -0.2) is 13.2 Å². The van der Waals surface area contributed by atoms with Gasteiger partial charge < -0.3 is 20.1 Å². The molecule has 0 saturated carbocycles. The molecule has 2 aliphatic rings. The number of thioether (sulfide) groups is 1. The minimum absolute atomic E-state index is 0.000159. The molecule has 9 nitrogen and oxygen atoms in total. The molecule has 2 aromatic carbocycles. The predicted octanol–water partition coefficient (Wildman–Crippen LogP) is 2.31. The van der Waals surface area contributed by atoms with Crippen molar-refractivity contribution in [2.24, 2.45) is 0 Å². The van der Waals surface area contributed by atoms with Crippen molar-refractivity contribution in [1.29, 1.82) is 0 Å². The number of carboxylic acids is 1. The second-order valence-corrected chi connectivity index (χ2v) is 11.9. The number of rotatable bonds is 7. The Labute approximate surface area is 207 Å². The molecule has 1 saturated heterocycles. The van der Waals surface area contributed by atoms with Crippen LogP contribution in [0.1, 0.15) is 23.5 Å². The molecule has 0 spiro atoms. The molecular weight excluding hydrogens is 492 g/mol. The van der Waals surface area contributed by atoms with Crippen LogP contribution in [0.3, 0.4) is 0 Å². The van der Waals surface area contributed by atoms with E-state index in [1.807, 2.05) is 48.5 Å². The highest BCUT2D eigenvalue weighted by Gasteiger charge is 2.39. The van der Waals surface area contributed by atoms with Crippen molar-refractivity contribution < 1.29 is 32.6 Å². The van der Waals surface area contributed by atoms with Crippen molar-refractivity contribution in [3.63, 3.8) is 0 Å². The minimum atomic E-state index is -3.60. The number of carboxylic acid groups (broad SMARTS) is 1. The lowest BCUT2D eigenvalue weighted by Gasteiger charge is -2.36. The number of sulfone groups is 1. The number of ether oxygens (including phenoxy) is 1. The third-order valence-corrected chi connectivity index (χ3v) is 8.82. The van der Waals surface area contributed by atoms with Gasteiger partial charge in [-0.05, 0) is 22.3 Å². The van der Waals surface area contributed by atoms with E-state index in [1.54, 1.807) is 0 Å². The maximum atomic E-state index is 13.1. The van der Waals surface area contributed by atoms with Gasteiger partial charge in [0.25, 0.3) is 0 Å². The largest absolute Gasteiger partial charge is 0.481 e. The first-order valence-electron chi connectivity index (χ1n) is 11.1. The SMILES string of the molecule is CS(=O)(=O)C1CSCCN1C(=O)C(CC(=O)O)NC(=O)OCC1c2ccccc2-c2ccccc21. The molecule has 2 N–H and O–H groups in total. The molecule has 2 atom stereocenters. The van der Waals surface area contributed by atoms with Crippen LogP contribution < -0.4 is 5.32 Å². The van der Waals surface area contributed by atoms with Crippen molar-refractivity contribution >= 4 is 39.6 Å². The summed E-state index contributed by atoms with van der Waals surface area (Å²) in [6.45, 7) is 0.143. The van der Waals surface area contributed by atoms with Crippen LogP contribution in [-0.4, -0.2) is 78.7 Å². The Kier molecular flexibility index (Phi) is 7.36. The van der Waals surface area contributed by atoms with E-state index in [0.717, 1.165) is 33.4 Å². The summed E-state index contributed by atoms with van der Waals surface area (Å²) in [6, 6.07) is 14.2. The zero-order valence-electron chi connectivity index (χ0n) is 19.0. The quantitative estimate of drug-likeness (QED) is 0.571. The summed E-state index contributed by atoms with van der Waals surface area (Å²) in [5.41, 5.74) is 4.15. The van der Waals surface area contributed by atoms with Gasteiger partial charge in [0.1, 0.15) is 18.0 Å². The molecule has 1 aliphatic carbocycles. The smallest absolute Gasteiger partial charge is 0.407 e. The van der Waals surface area contributed by atoms with Crippen molar-refractivity contribution in [1.82, 2.24) is 10.2 Å². The first-order valence-corrected chi connectivity index (χ1v) is 14.2. The maximum absolute atomic E-state index is 13.1. The van der Waals surface area contributed by atoms with E-state index in [9.17, 15) is 27.9 Å². The molecule has 1 heterocycles. The Hall–Kier alpha value is -3.05. The molecule has 35 heavy (non-hydrogen) atoms. The number of nitrogens with one attached hydrogen (secondary N) is 1. The van der Waals surface area contributed by atoms with Gasteiger partial charge in [0.15, 0.2) is 9.84 Å². The van der Waals surface area contributed by atoms with E-state index in [1.165, 1.54) is 11.8 Å². The molecule has 2 unspecified atom stereocenters. The summed E-state index contributed by atoms with van der Waals surface area (Å²) in [6.07, 6.45) is -0.591. The third-order valence-electron chi connectivity index (χ3n) is 6.17. The average Bonchev–Trinajstić information content (AvgIpc) is 3.15. The molecule has 0 radical (unpaired) electrons. The fourth-order valence-corrected chi connectivity index (χ4v) is 7.37. The molecule has 1 fully saturated rings. The van der Waals surface area contributed by atoms with Gasteiger partial charge in [-0.3, -0.25) is 9.59 Å². The Morgan fingerprint density at radius 1 is 1.11 bits per heavy atom. The second kappa shape index (κ2) is 10.3. The van der Waals surface area contributed by atoms with Crippen molar-refractivity contribution in [3.8, 4) is 11.1 Å². The van der Waals surface area contributed by atoms with Crippen LogP contribution >= 0.6 is 11.8 Å². The highest BCUT2D eigenvalue weighted by atomic mass is 32.2. The minimum Gasteiger partial charge on any atom is -0.481 e. The van der Waals surface area contributed by atoms with Crippen LogP contribution in [0, 0.1) is 0 Å². The Morgan fingerprint density at radius 3 is 2.29 bits per heavy atom. The van der Waals surface area contributed by atoms with Crippen LogP contribution in [-0.2, 0) is 24.2 Å². The number of alkyl carbamates (subject to hydrolysis) is 1. The van der Waals surface area contributed by atoms with Crippen LogP contribution in [0.4, 0.5) is 4.79 Å². The van der Waals surface area contributed by atoms with Crippen LogP contribution in [0.15, 0.2) is 48.5 Å².